The predicted octanol–water partition coefficient (Wildman–Crippen LogP) is 7.72. The molecule has 0 heterocycles. The smallest absolute Gasteiger partial charge is 0.343 e. The highest BCUT2D eigenvalue weighted by molar-refractivity contribution is 5.91. The van der Waals surface area contributed by atoms with Crippen molar-refractivity contribution < 1.29 is 18.7 Å². The van der Waals surface area contributed by atoms with Gasteiger partial charge in [-0.25, -0.2) is 9.18 Å². The number of rotatable bonds is 12. The lowest BCUT2D eigenvalue weighted by Crippen LogP contribution is -2.10. The first-order valence-electron chi connectivity index (χ1n) is 12.2. The van der Waals surface area contributed by atoms with Crippen molar-refractivity contribution in [2.75, 3.05) is 6.61 Å². The summed E-state index contributed by atoms with van der Waals surface area (Å²) < 4.78 is 25.3. The van der Waals surface area contributed by atoms with Crippen molar-refractivity contribution in [1.29, 1.82) is 0 Å². The molecule has 0 spiro atoms. The second-order valence-electron chi connectivity index (χ2n) is 8.79. The summed E-state index contributed by atoms with van der Waals surface area (Å²) in [6.45, 7) is 2.65. The highest BCUT2D eigenvalue weighted by Crippen LogP contribution is 2.27. The minimum absolute atomic E-state index is 0.177. The molecular formula is C28H36FO3. The van der Waals surface area contributed by atoms with Gasteiger partial charge in [0.05, 0.1) is 12.2 Å². The third-order valence-electron chi connectivity index (χ3n) is 6.21. The Morgan fingerprint density at radius 2 is 1.75 bits per heavy atom. The fourth-order valence-corrected chi connectivity index (χ4v) is 4.18. The van der Waals surface area contributed by atoms with Crippen molar-refractivity contribution >= 4 is 5.97 Å². The van der Waals surface area contributed by atoms with E-state index < -0.39 is 11.8 Å². The maximum atomic E-state index is 14.3. The normalized spacial score (nSPS) is 14.3. The molecule has 0 bridgehead atoms. The van der Waals surface area contributed by atoms with Crippen LogP contribution in [0.5, 0.6) is 11.5 Å². The van der Waals surface area contributed by atoms with Crippen LogP contribution >= 0.6 is 0 Å². The molecule has 0 saturated heterocycles. The Bertz CT molecular complexity index is 825. The molecule has 173 valence electrons. The van der Waals surface area contributed by atoms with Crippen LogP contribution < -0.4 is 9.47 Å². The molecule has 3 rings (SSSR count). The van der Waals surface area contributed by atoms with Gasteiger partial charge >= 0.3 is 5.97 Å². The first-order valence-corrected chi connectivity index (χ1v) is 12.2. The minimum Gasteiger partial charge on any atom is -0.491 e. The average molecular weight is 440 g/mol. The zero-order valence-electron chi connectivity index (χ0n) is 19.3. The van der Waals surface area contributed by atoms with E-state index in [1.165, 1.54) is 69.1 Å². The fraction of sp³-hybridized carbons (Fsp3) is 0.500. The van der Waals surface area contributed by atoms with Gasteiger partial charge in [0.1, 0.15) is 5.75 Å². The number of halogens is 1. The molecule has 0 N–H and O–H groups in total. The summed E-state index contributed by atoms with van der Waals surface area (Å²) >= 11 is 0. The first-order chi connectivity index (χ1) is 15.7. The van der Waals surface area contributed by atoms with Gasteiger partial charge in [-0.3, -0.25) is 0 Å². The van der Waals surface area contributed by atoms with Crippen LogP contribution in [0, 0.1) is 18.2 Å². The van der Waals surface area contributed by atoms with Crippen LogP contribution in [0.3, 0.4) is 0 Å². The summed E-state index contributed by atoms with van der Waals surface area (Å²) in [6.07, 6.45) is 15.3. The summed E-state index contributed by atoms with van der Waals surface area (Å²) in [4.78, 5) is 12.4. The van der Waals surface area contributed by atoms with E-state index in [0.29, 0.717) is 12.4 Å². The van der Waals surface area contributed by atoms with Crippen molar-refractivity contribution in [3.8, 4) is 11.5 Å². The highest BCUT2D eigenvalue weighted by atomic mass is 19.1. The molecule has 3 nitrogen and oxygen atoms in total. The quantitative estimate of drug-likeness (QED) is 0.193. The summed E-state index contributed by atoms with van der Waals surface area (Å²) in [7, 11) is 0. The minimum atomic E-state index is -0.568. The lowest BCUT2D eigenvalue weighted by molar-refractivity contribution is 0.0734. The molecule has 1 fully saturated rings. The molecule has 1 saturated carbocycles. The lowest BCUT2D eigenvalue weighted by atomic mass is 9.85. The number of carbonyl (C=O) groups excluding carboxylic acids is 1. The molecule has 1 radical (unpaired) electrons. The molecule has 32 heavy (non-hydrogen) atoms. The summed E-state index contributed by atoms with van der Waals surface area (Å²) in [5.41, 5.74) is 1.43. The van der Waals surface area contributed by atoms with E-state index in [2.05, 4.69) is 13.3 Å². The van der Waals surface area contributed by atoms with Crippen LogP contribution in [0.2, 0.25) is 0 Å². The Hall–Kier alpha value is -2.36. The van der Waals surface area contributed by atoms with E-state index in [1.807, 2.05) is 24.3 Å². The monoisotopic (exact) mass is 439 g/mol. The van der Waals surface area contributed by atoms with Crippen LogP contribution in [0.15, 0.2) is 42.5 Å². The second-order valence-corrected chi connectivity index (χ2v) is 8.79. The number of aryl methyl sites for hydroxylation is 1. The van der Waals surface area contributed by atoms with Gasteiger partial charge in [0, 0.05) is 0 Å². The van der Waals surface area contributed by atoms with Gasteiger partial charge < -0.3 is 9.47 Å². The van der Waals surface area contributed by atoms with Crippen molar-refractivity contribution in [3.63, 3.8) is 0 Å². The SMILES string of the molecule is CCCCCCCOc1ccc(C(=O)Oc2ccc(CCC3CC[CH]CC3)cc2)cc1F. The van der Waals surface area contributed by atoms with Gasteiger partial charge in [0.15, 0.2) is 11.6 Å². The molecule has 0 aliphatic heterocycles. The standard InChI is InChI=1S/C28H36FO3/c1-2-3-4-5-9-20-31-27-19-16-24(21-26(27)29)28(30)32-25-17-14-23(15-18-25)13-12-22-10-7-6-8-11-22/h6,14-19,21-22H,2-5,7-13,20H2,1H3. The average Bonchev–Trinajstić information content (AvgIpc) is 2.82. The maximum absolute atomic E-state index is 14.3. The van der Waals surface area contributed by atoms with E-state index in [-0.39, 0.29) is 11.3 Å². The Kier molecular flexibility index (Phi) is 10.1. The van der Waals surface area contributed by atoms with E-state index >= 15 is 0 Å². The van der Waals surface area contributed by atoms with E-state index in [9.17, 15) is 9.18 Å². The van der Waals surface area contributed by atoms with Crippen molar-refractivity contribution in [1.82, 2.24) is 0 Å². The van der Waals surface area contributed by atoms with Gasteiger partial charge in [-0.05, 0) is 80.3 Å². The number of carbonyl (C=O) groups is 1. The van der Waals surface area contributed by atoms with Crippen LogP contribution in [0.1, 0.15) is 87.1 Å². The van der Waals surface area contributed by atoms with Gasteiger partial charge in [-0.1, -0.05) is 57.6 Å². The first kappa shape index (κ1) is 24.3. The van der Waals surface area contributed by atoms with Crippen molar-refractivity contribution in [2.45, 2.75) is 77.6 Å². The number of ether oxygens (including phenoxy) is 2. The fourth-order valence-electron chi connectivity index (χ4n) is 4.18. The number of hydrogen-bond donors (Lipinski definition) is 0. The van der Waals surface area contributed by atoms with Crippen LogP contribution in [-0.2, 0) is 6.42 Å². The molecule has 1 aliphatic carbocycles. The summed E-state index contributed by atoms with van der Waals surface area (Å²) in [6, 6.07) is 11.9. The zero-order valence-corrected chi connectivity index (χ0v) is 19.3. The Balaban J connectivity index is 1.44. The van der Waals surface area contributed by atoms with Gasteiger partial charge in [0.25, 0.3) is 0 Å². The van der Waals surface area contributed by atoms with Gasteiger partial charge in [0.2, 0.25) is 0 Å². The van der Waals surface area contributed by atoms with Crippen LogP contribution in [0.25, 0.3) is 0 Å². The second kappa shape index (κ2) is 13.2. The number of esters is 1. The molecule has 2 aromatic rings. The molecular weight excluding hydrogens is 403 g/mol. The zero-order chi connectivity index (χ0) is 22.6. The van der Waals surface area contributed by atoms with E-state index in [1.54, 1.807) is 6.07 Å². The van der Waals surface area contributed by atoms with E-state index in [0.717, 1.165) is 25.2 Å². The van der Waals surface area contributed by atoms with Gasteiger partial charge in [-0.15, -0.1) is 0 Å². The Labute approximate surface area is 192 Å². The summed E-state index contributed by atoms with van der Waals surface area (Å²) in [5.74, 6) is 0.362. The number of benzene rings is 2. The Morgan fingerprint density at radius 1 is 1.00 bits per heavy atom. The maximum Gasteiger partial charge on any atom is 0.343 e. The third-order valence-corrected chi connectivity index (χ3v) is 6.21. The van der Waals surface area contributed by atoms with E-state index in [4.69, 9.17) is 9.47 Å². The van der Waals surface area contributed by atoms with Crippen molar-refractivity contribution in [3.05, 3.63) is 65.8 Å². The highest BCUT2D eigenvalue weighted by Gasteiger charge is 2.15. The topological polar surface area (TPSA) is 35.5 Å². The molecule has 0 aromatic heterocycles. The molecule has 0 amide bonds. The predicted molar refractivity (Wildman–Crippen MR) is 127 cm³/mol. The molecule has 1 aliphatic rings. The number of hydrogen-bond acceptors (Lipinski definition) is 3. The Morgan fingerprint density at radius 3 is 2.47 bits per heavy atom. The molecule has 4 heteroatoms. The largest absolute Gasteiger partial charge is 0.491 e. The van der Waals surface area contributed by atoms with Gasteiger partial charge in [-0.2, -0.15) is 0 Å². The van der Waals surface area contributed by atoms with Crippen molar-refractivity contribution in [2.24, 2.45) is 5.92 Å². The molecule has 0 atom stereocenters. The van der Waals surface area contributed by atoms with Crippen LogP contribution in [-0.4, -0.2) is 12.6 Å². The molecule has 2 aromatic carbocycles. The van der Waals surface area contributed by atoms with Crippen LogP contribution in [0.4, 0.5) is 4.39 Å². The number of unbranched alkanes of at least 4 members (excludes halogenated alkanes) is 4. The summed E-state index contributed by atoms with van der Waals surface area (Å²) in [5, 5.41) is 0. The third kappa shape index (κ3) is 7.96. The molecule has 0 unspecified atom stereocenters. The lowest BCUT2D eigenvalue weighted by Gasteiger charge is -2.21.